The van der Waals surface area contributed by atoms with E-state index < -0.39 is 0 Å². The van der Waals surface area contributed by atoms with Gasteiger partial charge < -0.3 is 5.32 Å². The molecule has 3 fully saturated rings. The van der Waals surface area contributed by atoms with Crippen LogP contribution in [0.4, 0.5) is 0 Å². The van der Waals surface area contributed by atoms with E-state index in [-0.39, 0.29) is 0 Å². The highest BCUT2D eigenvalue weighted by Crippen LogP contribution is 2.41. The van der Waals surface area contributed by atoms with Crippen molar-refractivity contribution in [3.8, 4) is 0 Å². The van der Waals surface area contributed by atoms with E-state index in [1.807, 2.05) is 0 Å². The Kier molecular flexibility index (Phi) is 5.23. The third kappa shape index (κ3) is 4.17. The van der Waals surface area contributed by atoms with Gasteiger partial charge in [-0.3, -0.25) is 4.90 Å². The first-order valence-corrected chi connectivity index (χ1v) is 10.2. The molecule has 4 atom stereocenters. The van der Waals surface area contributed by atoms with E-state index in [4.69, 9.17) is 0 Å². The zero-order valence-corrected chi connectivity index (χ0v) is 15.1. The van der Waals surface area contributed by atoms with Gasteiger partial charge in [-0.05, 0) is 43.9 Å². The topological polar surface area (TPSA) is 15.3 Å². The molecule has 3 rings (SSSR count). The van der Waals surface area contributed by atoms with Crippen molar-refractivity contribution in [3.05, 3.63) is 0 Å². The van der Waals surface area contributed by atoms with E-state index in [1.165, 1.54) is 63.9 Å². The van der Waals surface area contributed by atoms with Gasteiger partial charge in [0, 0.05) is 42.7 Å². The van der Waals surface area contributed by atoms with Gasteiger partial charge >= 0.3 is 0 Å². The maximum Gasteiger partial charge on any atom is 0.0184 e. The van der Waals surface area contributed by atoms with Crippen LogP contribution in [0.2, 0.25) is 0 Å². The Balaban J connectivity index is 1.65. The molecule has 122 valence electrons. The van der Waals surface area contributed by atoms with Gasteiger partial charge in [0.2, 0.25) is 0 Å². The Morgan fingerprint density at radius 1 is 1.19 bits per heavy atom. The summed E-state index contributed by atoms with van der Waals surface area (Å²) in [6, 6.07) is 1.60. The smallest absolute Gasteiger partial charge is 0.0184 e. The zero-order valence-electron chi connectivity index (χ0n) is 14.2. The molecular weight excluding hydrogens is 276 g/mol. The van der Waals surface area contributed by atoms with Crippen LogP contribution in [0.1, 0.15) is 59.3 Å². The zero-order chi connectivity index (χ0) is 14.9. The largest absolute Gasteiger partial charge is 0.313 e. The summed E-state index contributed by atoms with van der Waals surface area (Å²) in [6.07, 6.45) is 8.62. The predicted molar refractivity (Wildman–Crippen MR) is 94.0 cm³/mol. The number of hydrogen-bond donors (Lipinski definition) is 1. The first-order valence-electron chi connectivity index (χ1n) is 9.17. The summed E-state index contributed by atoms with van der Waals surface area (Å²) < 4.78 is 0. The van der Waals surface area contributed by atoms with Crippen molar-refractivity contribution >= 4 is 11.8 Å². The van der Waals surface area contributed by atoms with Gasteiger partial charge in [0.25, 0.3) is 0 Å². The van der Waals surface area contributed by atoms with Gasteiger partial charge in [0.05, 0.1) is 0 Å². The highest BCUT2D eigenvalue weighted by molar-refractivity contribution is 8.00. The number of hydrogen-bond acceptors (Lipinski definition) is 3. The number of nitrogens with one attached hydrogen (secondary N) is 1. The van der Waals surface area contributed by atoms with Crippen molar-refractivity contribution in [2.75, 3.05) is 25.4 Å². The van der Waals surface area contributed by atoms with Crippen LogP contribution in [0.15, 0.2) is 0 Å². The third-order valence-corrected chi connectivity index (χ3v) is 7.42. The standard InChI is InChI=1S/C18H34N2S/c1-14-5-4-8-18(11-14,12-19-17-6-7-17)13-20-9-10-21-16(3)15(20)2/h14-17,19H,4-13H2,1-3H3. The molecule has 1 saturated heterocycles. The van der Waals surface area contributed by atoms with E-state index in [9.17, 15) is 0 Å². The lowest BCUT2D eigenvalue weighted by Gasteiger charge is -2.47. The van der Waals surface area contributed by atoms with Crippen LogP contribution in [0.5, 0.6) is 0 Å². The Hall–Kier alpha value is 0.270. The number of nitrogens with zero attached hydrogens (tertiary/aromatic N) is 1. The minimum atomic E-state index is 0.552. The van der Waals surface area contributed by atoms with Crippen LogP contribution >= 0.6 is 11.8 Å². The molecule has 1 N–H and O–H groups in total. The second kappa shape index (κ2) is 6.80. The monoisotopic (exact) mass is 310 g/mol. The Labute approximate surface area is 135 Å². The van der Waals surface area contributed by atoms with Crippen LogP contribution in [0, 0.1) is 11.3 Å². The molecule has 0 bridgehead atoms. The Bertz CT molecular complexity index is 344. The molecule has 1 heterocycles. The van der Waals surface area contributed by atoms with Crippen LogP contribution < -0.4 is 5.32 Å². The summed E-state index contributed by atoms with van der Waals surface area (Å²) in [4.78, 5) is 2.81. The molecule has 0 aromatic rings. The second-order valence-electron chi connectivity index (χ2n) is 8.14. The molecule has 0 amide bonds. The normalized spacial score (nSPS) is 42.1. The van der Waals surface area contributed by atoms with Crippen molar-refractivity contribution in [2.24, 2.45) is 11.3 Å². The summed E-state index contributed by atoms with van der Waals surface area (Å²) in [5, 5.41) is 4.67. The molecule has 2 saturated carbocycles. The molecule has 2 aliphatic carbocycles. The lowest BCUT2D eigenvalue weighted by Crippen LogP contribution is -2.53. The van der Waals surface area contributed by atoms with E-state index in [1.54, 1.807) is 0 Å². The number of thioether (sulfide) groups is 1. The molecule has 0 spiro atoms. The summed E-state index contributed by atoms with van der Waals surface area (Å²) in [6.45, 7) is 11.2. The fourth-order valence-electron chi connectivity index (χ4n) is 4.43. The molecule has 0 aromatic heterocycles. The molecular formula is C18H34N2S. The SMILES string of the molecule is CC1CCCC(CNC2CC2)(CN2CCSC(C)C2C)C1. The lowest BCUT2D eigenvalue weighted by atomic mass is 9.69. The highest BCUT2D eigenvalue weighted by Gasteiger charge is 2.39. The van der Waals surface area contributed by atoms with Gasteiger partial charge in [-0.2, -0.15) is 11.8 Å². The fourth-order valence-corrected chi connectivity index (χ4v) is 5.59. The molecule has 3 aliphatic rings. The second-order valence-corrected chi connectivity index (χ2v) is 9.63. The van der Waals surface area contributed by atoms with Crippen LogP contribution in [-0.2, 0) is 0 Å². The summed E-state index contributed by atoms with van der Waals surface area (Å²) in [5.74, 6) is 2.25. The van der Waals surface area contributed by atoms with E-state index >= 15 is 0 Å². The summed E-state index contributed by atoms with van der Waals surface area (Å²) in [5.41, 5.74) is 0.552. The van der Waals surface area contributed by atoms with Crippen LogP contribution in [0.3, 0.4) is 0 Å². The van der Waals surface area contributed by atoms with Gasteiger partial charge in [-0.25, -0.2) is 0 Å². The Morgan fingerprint density at radius 3 is 2.71 bits per heavy atom. The molecule has 2 nitrogen and oxygen atoms in total. The van der Waals surface area contributed by atoms with E-state index in [0.717, 1.165) is 23.3 Å². The predicted octanol–water partition coefficient (Wildman–Crippen LogP) is 3.76. The first-order chi connectivity index (χ1) is 10.1. The maximum atomic E-state index is 3.87. The van der Waals surface area contributed by atoms with Crippen LogP contribution in [0.25, 0.3) is 0 Å². The minimum Gasteiger partial charge on any atom is -0.313 e. The van der Waals surface area contributed by atoms with Crippen molar-refractivity contribution in [1.82, 2.24) is 10.2 Å². The van der Waals surface area contributed by atoms with E-state index in [2.05, 4.69) is 42.7 Å². The molecule has 0 radical (unpaired) electrons. The fraction of sp³-hybridized carbons (Fsp3) is 1.00. The van der Waals surface area contributed by atoms with Gasteiger partial charge in [-0.15, -0.1) is 0 Å². The van der Waals surface area contributed by atoms with Gasteiger partial charge in [-0.1, -0.05) is 26.7 Å². The first kappa shape index (κ1) is 16.1. The molecule has 21 heavy (non-hydrogen) atoms. The molecule has 4 unspecified atom stereocenters. The van der Waals surface area contributed by atoms with Crippen molar-refractivity contribution in [1.29, 1.82) is 0 Å². The third-order valence-electron chi connectivity index (χ3n) is 6.08. The number of rotatable bonds is 5. The molecule has 0 aromatic carbocycles. The van der Waals surface area contributed by atoms with E-state index in [0.29, 0.717) is 5.41 Å². The summed E-state index contributed by atoms with van der Waals surface area (Å²) >= 11 is 2.16. The van der Waals surface area contributed by atoms with Crippen LogP contribution in [-0.4, -0.2) is 47.6 Å². The molecule has 3 heteroatoms. The van der Waals surface area contributed by atoms with Gasteiger partial charge in [0.1, 0.15) is 0 Å². The average Bonchev–Trinajstić information content (AvgIpc) is 3.26. The quantitative estimate of drug-likeness (QED) is 0.832. The van der Waals surface area contributed by atoms with Crippen molar-refractivity contribution in [2.45, 2.75) is 76.6 Å². The Morgan fingerprint density at radius 2 is 2.00 bits per heavy atom. The van der Waals surface area contributed by atoms with Gasteiger partial charge in [0.15, 0.2) is 0 Å². The highest BCUT2D eigenvalue weighted by atomic mass is 32.2. The average molecular weight is 311 g/mol. The lowest BCUT2D eigenvalue weighted by molar-refractivity contribution is 0.0624. The maximum absolute atomic E-state index is 3.87. The minimum absolute atomic E-state index is 0.552. The van der Waals surface area contributed by atoms with Crippen molar-refractivity contribution in [3.63, 3.8) is 0 Å². The summed E-state index contributed by atoms with van der Waals surface area (Å²) in [7, 11) is 0. The van der Waals surface area contributed by atoms with Crippen molar-refractivity contribution < 1.29 is 0 Å². The molecule has 1 aliphatic heterocycles.